The van der Waals surface area contributed by atoms with Gasteiger partial charge in [0.05, 0.1) is 17.3 Å². The number of hydrogen-bond acceptors (Lipinski definition) is 4. The lowest BCUT2D eigenvalue weighted by Crippen LogP contribution is -2.62. The number of nitrogens with zero attached hydrogens (tertiary/aromatic N) is 2. The Balaban J connectivity index is 1.24. The van der Waals surface area contributed by atoms with Crippen molar-refractivity contribution in [2.45, 2.75) is 82.1 Å². The molecule has 2 saturated carbocycles. The fourth-order valence-corrected chi connectivity index (χ4v) is 9.27. The van der Waals surface area contributed by atoms with Crippen LogP contribution < -0.4 is 0 Å². The Morgan fingerprint density at radius 2 is 2.00 bits per heavy atom. The maximum atomic E-state index is 11.0. The second-order valence-electron chi connectivity index (χ2n) is 12.6. The highest BCUT2D eigenvalue weighted by Gasteiger charge is 2.81. The van der Waals surface area contributed by atoms with E-state index in [1.165, 1.54) is 17.6 Å². The molecule has 2 saturated heterocycles. The van der Waals surface area contributed by atoms with E-state index >= 15 is 0 Å². The number of fused-ring (bicyclic) bond motifs is 2. The summed E-state index contributed by atoms with van der Waals surface area (Å²) in [5, 5.41) is 11.0. The third kappa shape index (κ3) is 2.48. The van der Waals surface area contributed by atoms with Crippen molar-refractivity contribution in [2.75, 3.05) is 14.1 Å². The molecule has 1 aromatic rings. The van der Waals surface area contributed by atoms with Crippen LogP contribution in [0.4, 0.5) is 0 Å². The Bertz CT molecular complexity index is 1150. The lowest BCUT2D eigenvalue weighted by molar-refractivity contribution is -0.216. The van der Waals surface area contributed by atoms with Crippen molar-refractivity contribution in [3.8, 4) is 0 Å². The summed E-state index contributed by atoms with van der Waals surface area (Å²) in [4.78, 5) is 6.69. The van der Waals surface area contributed by atoms with Crippen molar-refractivity contribution in [2.24, 2.45) is 22.7 Å². The minimum Gasteiger partial charge on any atom is -0.391 e. The van der Waals surface area contributed by atoms with E-state index in [0.29, 0.717) is 11.8 Å². The average molecular weight is 459 g/mol. The molecule has 180 valence electrons. The van der Waals surface area contributed by atoms with Crippen molar-refractivity contribution in [3.05, 3.63) is 59.0 Å². The van der Waals surface area contributed by atoms with Gasteiger partial charge in [0, 0.05) is 34.7 Å². The van der Waals surface area contributed by atoms with Gasteiger partial charge in [0.25, 0.3) is 0 Å². The summed E-state index contributed by atoms with van der Waals surface area (Å²) >= 11 is 0. The Hall–Kier alpha value is -1.75. The Morgan fingerprint density at radius 1 is 1.15 bits per heavy atom. The molecule has 0 aromatic carbocycles. The molecule has 2 aliphatic heterocycles. The second kappa shape index (κ2) is 6.72. The highest BCUT2D eigenvalue weighted by Crippen LogP contribution is 2.81. The number of hydrogen-bond donors (Lipinski definition) is 1. The lowest BCUT2D eigenvalue weighted by atomic mass is 9.57. The molecule has 2 bridgehead atoms. The zero-order chi connectivity index (χ0) is 23.5. The van der Waals surface area contributed by atoms with Gasteiger partial charge in [0.1, 0.15) is 0 Å². The molecule has 3 spiro atoms. The maximum Gasteiger partial charge on any atom is 0.0942 e. The van der Waals surface area contributed by atoms with Gasteiger partial charge in [0.15, 0.2) is 0 Å². The highest BCUT2D eigenvalue weighted by molar-refractivity contribution is 5.57. The molecule has 5 unspecified atom stereocenters. The third-order valence-electron chi connectivity index (χ3n) is 11.1. The molecule has 4 aliphatic carbocycles. The second-order valence-corrected chi connectivity index (χ2v) is 12.6. The van der Waals surface area contributed by atoms with Crippen LogP contribution in [0.1, 0.15) is 63.1 Å². The summed E-state index contributed by atoms with van der Waals surface area (Å²) in [6.45, 7) is 4.56. The summed E-state index contributed by atoms with van der Waals surface area (Å²) in [5.74, 6) is 1.14. The Kier molecular flexibility index (Phi) is 4.25. The van der Waals surface area contributed by atoms with E-state index in [1.807, 2.05) is 12.3 Å². The predicted octanol–water partition coefficient (Wildman–Crippen LogP) is 5.08. The summed E-state index contributed by atoms with van der Waals surface area (Å²) in [6.07, 6.45) is 18.9. The average Bonchev–Trinajstić information content (AvgIpc) is 3.26. The Labute approximate surface area is 203 Å². The van der Waals surface area contributed by atoms with E-state index in [2.05, 4.69) is 68.2 Å². The maximum absolute atomic E-state index is 11.0. The molecule has 1 aromatic heterocycles. The number of pyridine rings is 1. The smallest absolute Gasteiger partial charge is 0.0942 e. The van der Waals surface area contributed by atoms with Crippen molar-refractivity contribution in [1.29, 1.82) is 0 Å². The SMILES string of the molecule is Cc1ncccc1/C=C/C1=CCC2C1(C)CC=C1C3CC34CC(O)[C@@H](N(C)C)C[C@]43CC[C@@]12O3. The van der Waals surface area contributed by atoms with Crippen molar-refractivity contribution in [1.82, 2.24) is 9.88 Å². The summed E-state index contributed by atoms with van der Waals surface area (Å²) in [6, 6.07) is 4.37. The first-order chi connectivity index (χ1) is 16.2. The van der Waals surface area contributed by atoms with E-state index in [9.17, 15) is 5.11 Å². The van der Waals surface area contributed by atoms with Crippen LogP contribution in [0.2, 0.25) is 0 Å². The van der Waals surface area contributed by atoms with E-state index in [-0.39, 0.29) is 34.2 Å². The van der Waals surface area contributed by atoms with Crippen LogP contribution in [0.15, 0.2) is 47.7 Å². The predicted molar refractivity (Wildman–Crippen MR) is 134 cm³/mol. The van der Waals surface area contributed by atoms with Crippen LogP contribution in [-0.4, -0.2) is 52.4 Å². The summed E-state index contributed by atoms with van der Waals surface area (Å²) < 4.78 is 7.49. The van der Waals surface area contributed by atoms with Gasteiger partial charge in [-0.25, -0.2) is 0 Å². The number of aliphatic hydroxyl groups excluding tert-OH is 1. The molecule has 3 heterocycles. The van der Waals surface area contributed by atoms with Gasteiger partial charge in [-0.3, -0.25) is 4.98 Å². The first-order valence-electron chi connectivity index (χ1n) is 13.3. The molecule has 1 N–H and O–H groups in total. The van der Waals surface area contributed by atoms with Crippen LogP contribution >= 0.6 is 0 Å². The van der Waals surface area contributed by atoms with Crippen LogP contribution in [-0.2, 0) is 4.74 Å². The topological polar surface area (TPSA) is 45.6 Å². The molecule has 7 rings (SSSR count). The van der Waals surface area contributed by atoms with E-state index in [4.69, 9.17) is 4.74 Å². The van der Waals surface area contributed by atoms with Gasteiger partial charge in [-0.05, 0) is 94.7 Å². The molecule has 0 amide bonds. The van der Waals surface area contributed by atoms with Crippen LogP contribution in [0.25, 0.3) is 6.08 Å². The van der Waals surface area contributed by atoms with Gasteiger partial charge in [-0.2, -0.15) is 0 Å². The van der Waals surface area contributed by atoms with E-state index in [0.717, 1.165) is 44.2 Å². The molecule has 34 heavy (non-hydrogen) atoms. The molecule has 6 aliphatic rings. The number of aryl methyl sites for hydroxylation is 1. The zero-order valence-electron chi connectivity index (χ0n) is 21.1. The molecule has 4 fully saturated rings. The van der Waals surface area contributed by atoms with Gasteiger partial charge < -0.3 is 14.7 Å². The van der Waals surface area contributed by atoms with Crippen LogP contribution in [0.3, 0.4) is 0 Å². The molecule has 8 atom stereocenters. The molecule has 4 nitrogen and oxygen atoms in total. The highest BCUT2D eigenvalue weighted by atomic mass is 16.5. The first-order valence-corrected chi connectivity index (χ1v) is 13.3. The monoisotopic (exact) mass is 458 g/mol. The minimum atomic E-state index is -0.238. The number of aliphatic hydroxyl groups is 1. The quantitative estimate of drug-likeness (QED) is 0.642. The first kappa shape index (κ1) is 21.5. The standard InChI is InChI=1S/C30H38N2O2/c1-19-20(6-5-15-31-19)7-8-21-9-10-26-27(21,2)12-11-22-23-16-28(23)18-25(33)24(32(3)4)17-29(28)13-14-30(22,26)34-29/h5-9,11,15,23-26,33H,10,12-14,16-18H2,1-4H3/b8-7+/t23?,24-,25?,26?,27?,28?,29+,30+/m0/s1. The van der Waals surface area contributed by atoms with Crippen molar-refractivity contribution >= 4 is 6.08 Å². The number of likely N-dealkylation sites (N-methyl/N-ethyl adjacent to an activating group) is 1. The Morgan fingerprint density at radius 3 is 2.79 bits per heavy atom. The zero-order valence-corrected chi connectivity index (χ0v) is 21.1. The fraction of sp³-hybridized carbons (Fsp3) is 0.633. The van der Waals surface area contributed by atoms with Gasteiger partial charge in [0.2, 0.25) is 0 Å². The number of rotatable bonds is 3. The molecule has 0 radical (unpaired) electrons. The minimum absolute atomic E-state index is 0.0488. The van der Waals surface area contributed by atoms with Gasteiger partial charge >= 0.3 is 0 Å². The fourth-order valence-electron chi connectivity index (χ4n) is 9.27. The summed E-state index contributed by atoms with van der Waals surface area (Å²) in [5.41, 5.74) is 5.51. The molecular formula is C30H38N2O2. The molecule has 4 heteroatoms. The van der Waals surface area contributed by atoms with E-state index in [1.54, 1.807) is 5.57 Å². The van der Waals surface area contributed by atoms with Crippen LogP contribution in [0, 0.1) is 29.6 Å². The largest absolute Gasteiger partial charge is 0.391 e. The third-order valence-corrected chi connectivity index (χ3v) is 11.1. The van der Waals surface area contributed by atoms with Gasteiger partial charge in [-0.15, -0.1) is 0 Å². The number of ether oxygens (including phenoxy) is 1. The number of aromatic nitrogens is 1. The van der Waals surface area contributed by atoms with Crippen LogP contribution in [0.5, 0.6) is 0 Å². The van der Waals surface area contributed by atoms with E-state index < -0.39 is 0 Å². The summed E-state index contributed by atoms with van der Waals surface area (Å²) in [7, 11) is 4.24. The van der Waals surface area contributed by atoms with Crippen molar-refractivity contribution < 1.29 is 9.84 Å². The number of allylic oxidation sites excluding steroid dienone is 4. The van der Waals surface area contributed by atoms with Gasteiger partial charge in [-0.1, -0.05) is 37.3 Å². The lowest BCUT2D eigenvalue weighted by Gasteiger charge is -2.58. The molecular weight excluding hydrogens is 420 g/mol. The normalized spacial score (nSPS) is 48.2. The van der Waals surface area contributed by atoms with Crippen molar-refractivity contribution in [3.63, 3.8) is 0 Å².